The lowest BCUT2D eigenvalue weighted by Gasteiger charge is -2.18. The van der Waals surface area contributed by atoms with Crippen molar-refractivity contribution < 1.29 is 13.2 Å². The van der Waals surface area contributed by atoms with Gasteiger partial charge >= 0.3 is 0 Å². The fourth-order valence-corrected chi connectivity index (χ4v) is 5.65. The Hall–Kier alpha value is -1.93. The molecule has 0 spiro atoms. The molecule has 1 heterocycles. The second kappa shape index (κ2) is 12.5. The van der Waals surface area contributed by atoms with Gasteiger partial charge in [0.1, 0.15) is 5.82 Å². The van der Waals surface area contributed by atoms with E-state index in [4.69, 9.17) is 4.98 Å². The molecule has 0 fully saturated rings. The number of aryl methyl sites for hydroxylation is 2. The largest absolute Gasteiger partial charge is 0.354 e. The fraction of sp³-hybridized carbons (Fsp3) is 0.680. The predicted molar refractivity (Wildman–Crippen MR) is 135 cm³/mol. The van der Waals surface area contributed by atoms with Crippen LogP contribution in [0, 0.1) is 5.92 Å². The van der Waals surface area contributed by atoms with Crippen molar-refractivity contribution in [2.24, 2.45) is 5.92 Å². The van der Waals surface area contributed by atoms with Crippen molar-refractivity contribution in [3.05, 3.63) is 24.0 Å². The number of carbonyl (C=O) groups is 1. The van der Waals surface area contributed by atoms with Crippen LogP contribution in [0.5, 0.6) is 0 Å². The molecule has 0 bridgehead atoms. The summed E-state index contributed by atoms with van der Waals surface area (Å²) in [6.07, 6.45) is 5.10. The minimum Gasteiger partial charge on any atom is -0.354 e. The fourth-order valence-electron chi connectivity index (χ4n) is 4.17. The van der Waals surface area contributed by atoms with Crippen molar-refractivity contribution in [1.82, 2.24) is 19.2 Å². The molecule has 0 saturated carbocycles. The number of nitrogens with one attached hydrogen (secondary N) is 1. The highest BCUT2D eigenvalue weighted by molar-refractivity contribution is 7.89. The standard InChI is InChI=1S/C25H42N4O3S/c1-7-17-29-23-14-13-21(33(31,32)28(8-2)9-3)18-22(23)27-24(29)15-16-25(30)26-20(6)12-10-11-19(4)5/h13-14,18-20H,7-12,15-17H2,1-6H3,(H,26,30). The Balaban J connectivity index is 2.16. The number of nitrogens with zero attached hydrogens (tertiary/aromatic N) is 3. The molecule has 0 saturated heterocycles. The number of aromatic nitrogens is 2. The van der Waals surface area contributed by atoms with E-state index < -0.39 is 10.0 Å². The molecule has 0 aliphatic carbocycles. The molecule has 2 aromatic rings. The molecule has 8 heteroatoms. The number of fused-ring (bicyclic) bond motifs is 1. The molecule has 7 nitrogen and oxygen atoms in total. The summed E-state index contributed by atoms with van der Waals surface area (Å²) in [4.78, 5) is 17.5. The van der Waals surface area contributed by atoms with Crippen LogP contribution in [0.3, 0.4) is 0 Å². The molecular weight excluding hydrogens is 436 g/mol. The van der Waals surface area contributed by atoms with Gasteiger partial charge in [0.05, 0.1) is 15.9 Å². The Morgan fingerprint density at radius 2 is 1.82 bits per heavy atom. The lowest BCUT2D eigenvalue weighted by Crippen LogP contribution is -2.32. The SMILES string of the molecule is CCCn1c(CCC(=O)NC(C)CCCC(C)C)nc2cc(S(=O)(=O)N(CC)CC)ccc21. The Morgan fingerprint density at radius 3 is 2.42 bits per heavy atom. The Morgan fingerprint density at radius 1 is 1.12 bits per heavy atom. The Bertz CT molecular complexity index is 1010. The van der Waals surface area contributed by atoms with E-state index in [0.717, 1.165) is 37.1 Å². The first-order chi connectivity index (χ1) is 15.6. The van der Waals surface area contributed by atoms with E-state index in [1.807, 2.05) is 19.9 Å². The third-order valence-electron chi connectivity index (χ3n) is 5.99. The number of benzene rings is 1. The van der Waals surface area contributed by atoms with E-state index in [1.54, 1.807) is 12.1 Å². The molecule has 1 N–H and O–H groups in total. The van der Waals surface area contributed by atoms with Crippen LogP contribution >= 0.6 is 0 Å². The zero-order valence-corrected chi connectivity index (χ0v) is 22.0. The topological polar surface area (TPSA) is 84.3 Å². The van der Waals surface area contributed by atoms with Crippen molar-refractivity contribution in [1.29, 1.82) is 0 Å². The minimum atomic E-state index is -3.54. The monoisotopic (exact) mass is 478 g/mol. The molecule has 1 unspecified atom stereocenters. The van der Waals surface area contributed by atoms with E-state index in [9.17, 15) is 13.2 Å². The summed E-state index contributed by atoms with van der Waals surface area (Å²) in [5.74, 6) is 1.54. The predicted octanol–water partition coefficient (Wildman–Crippen LogP) is 4.74. The summed E-state index contributed by atoms with van der Waals surface area (Å²) in [5, 5.41) is 3.10. The van der Waals surface area contributed by atoms with Crippen LogP contribution in [-0.4, -0.2) is 47.3 Å². The first-order valence-corrected chi connectivity index (χ1v) is 13.9. The first kappa shape index (κ1) is 27.3. The van der Waals surface area contributed by atoms with Gasteiger partial charge in [0.15, 0.2) is 0 Å². The summed E-state index contributed by atoms with van der Waals surface area (Å²) in [6.45, 7) is 13.9. The Labute approximate surface area is 200 Å². The molecular formula is C25H42N4O3S. The normalized spacial score (nSPS) is 13.2. The summed E-state index contributed by atoms with van der Waals surface area (Å²) in [6, 6.07) is 5.34. The van der Waals surface area contributed by atoms with Crippen molar-refractivity contribution in [3.63, 3.8) is 0 Å². The van der Waals surface area contributed by atoms with Gasteiger partial charge in [-0.25, -0.2) is 13.4 Å². The van der Waals surface area contributed by atoms with Gasteiger partial charge in [0.25, 0.3) is 0 Å². The number of imidazole rings is 1. The van der Waals surface area contributed by atoms with Crippen LogP contribution in [-0.2, 0) is 27.8 Å². The third kappa shape index (κ3) is 7.27. The number of hydrogen-bond donors (Lipinski definition) is 1. The molecule has 2 rings (SSSR count). The van der Waals surface area contributed by atoms with Gasteiger partial charge in [0, 0.05) is 38.5 Å². The lowest BCUT2D eigenvalue weighted by molar-refractivity contribution is -0.121. The maximum absolute atomic E-state index is 12.9. The zero-order chi connectivity index (χ0) is 24.6. The number of rotatable bonds is 14. The number of sulfonamides is 1. The van der Waals surface area contributed by atoms with Crippen molar-refractivity contribution in [2.75, 3.05) is 13.1 Å². The van der Waals surface area contributed by atoms with Gasteiger partial charge in [-0.2, -0.15) is 4.31 Å². The lowest BCUT2D eigenvalue weighted by atomic mass is 10.0. The summed E-state index contributed by atoms with van der Waals surface area (Å²) >= 11 is 0. The molecule has 1 aromatic carbocycles. The number of hydrogen-bond acceptors (Lipinski definition) is 4. The highest BCUT2D eigenvalue weighted by atomic mass is 32.2. The molecule has 33 heavy (non-hydrogen) atoms. The number of amides is 1. The Kier molecular flexibility index (Phi) is 10.4. The zero-order valence-electron chi connectivity index (χ0n) is 21.2. The van der Waals surface area contributed by atoms with Gasteiger partial charge in [0.2, 0.25) is 15.9 Å². The molecule has 1 aromatic heterocycles. The first-order valence-electron chi connectivity index (χ1n) is 12.4. The van der Waals surface area contributed by atoms with Crippen molar-refractivity contribution in [2.45, 2.75) is 97.5 Å². The van der Waals surface area contributed by atoms with Crippen LogP contribution in [0.1, 0.15) is 79.5 Å². The summed E-state index contributed by atoms with van der Waals surface area (Å²) in [5.41, 5.74) is 1.57. The highest BCUT2D eigenvalue weighted by Crippen LogP contribution is 2.24. The van der Waals surface area contributed by atoms with E-state index in [0.29, 0.717) is 37.4 Å². The van der Waals surface area contributed by atoms with E-state index in [-0.39, 0.29) is 16.8 Å². The van der Waals surface area contributed by atoms with Crippen LogP contribution < -0.4 is 5.32 Å². The average molecular weight is 479 g/mol. The van der Waals surface area contributed by atoms with Gasteiger partial charge in [-0.05, 0) is 43.9 Å². The minimum absolute atomic E-state index is 0.0342. The van der Waals surface area contributed by atoms with Gasteiger partial charge < -0.3 is 9.88 Å². The quantitative estimate of drug-likeness (QED) is 0.425. The van der Waals surface area contributed by atoms with E-state index in [2.05, 4.69) is 37.6 Å². The summed E-state index contributed by atoms with van der Waals surface area (Å²) in [7, 11) is -3.54. The summed E-state index contributed by atoms with van der Waals surface area (Å²) < 4.78 is 29.4. The van der Waals surface area contributed by atoms with E-state index in [1.165, 1.54) is 10.7 Å². The molecule has 0 radical (unpaired) electrons. The average Bonchev–Trinajstić information content (AvgIpc) is 3.09. The van der Waals surface area contributed by atoms with Gasteiger partial charge in [-0.3, -0.25) is 4.79 Å². The van der Waals surface area contributed by atoms with Crippen LogP contribution in [0.4, 0.5) is 0 Å². The molecule has 1 amide bonds. The molecule has 186 valence electrons. The third-order valence-corrected chi connectivity index (χ3v) is 8.04. The maximum Gasteiger partial charge on any atom is 0.243 e. The van der Waals surface area contributed by atoms with Crippen LogP contribution in [0.15, 0.2) is 23.1 Å². The number of carbonyl (C=O) groups excluding carboxylic acids is 1. The molecule has 1 atom stereocenters. The molecule has 0 aliphatic heterocycles. The van der Waals surface area contributed by atoms with Crippen LogP contribution in [0.25, 0.3) is 11.0 Å². The molecule has 0 aliphatic rings. The van der Waals surface area contributed by atoms with Crippen molar-refractivity contribution >= 4 is 27.0 Å². The smallest absolute Gasteiger partial charge is 0.243 e. The van der Waals surface area contributed by atoms with E-state index >= 15 is 0 Å². The second-order valence-corrected chi connectivity index (χ2v) is 11.2. The second-order valence-electron chi connectivity index (χ2n) is 9.21. The van der Waals surface area contributed by atoms with Crippen LogP contribution in [0.2, 0.25) is 0 Å². The maximum atomic E-state index is 12.9. The van der Waals surface area contributed by atoms with Gasteiger partial charge in [-0.1, -0.05) is 47.5 Å². The van der Waals surface area contributed by atoms with Crippen molar-refractivity contribution in [3.8, 4) is 0 Å². The highest BCUT2D eigenvalue weighted by Gasteiger charge is 2.23. The van der Waals surface area contributed by atoms with Gasteiger partial charge in [-0.15, -0.1) is 0 Å².